The van der Waals surface area contributed by atoms with Crippen LogP contribution in [0.4, 0.5) is 5.69 Å². The van der Waals surface area contributed by atoms with Crippen molar-refractivity contribution in [1.29, 1.82) is 0 Å². The van der Waals surface area contributed by atoms with Crippen LogP contribution in [0.3, 0.4) is 0 Å². The van der Waals surface area contributed by atoms with Gasteiger partial charge in [0.2, 0.25) is 0 Å². The smallest absolute Gasteiger partial charge is 0.269 e. The molecule has 2 aromatic rings. The minimum absolute atomic E-state index is 0.0114. The number of non-ortho nitro benzene ring substituents is 1. The summed E-state index contributed by atoms with van der Waals surface area (Å²) in [6.45, 7) is 2.34. The standard InChI is InChI=1S/C16H18N2O3/c1-12(13-6-3-2-4-7-13)17-11-16(19)14-8-5-9-15(10-14)18(20)21/h2-10,12,16-17,19H,11H2,1H3/t12-,16?/m1/s1. The molecule has 0 spiro atoms. The van der Waals surface area contributed by atoms with Crippen LogP contribution in [0, 0.1) is 10.1 Å². The first-order valence-electron chi connectivity index (χ1n) is 6.78. The molecule has 0 bridgehead atoms. The molecule has 0 aliphatic rings. The summed E-state index contributed by atoms with van der Waals surface area (Å²) >= 11 is 0. The van der Waals surface area contributed by atoms with Crippen LogP contribution in [0.2, 0.25) is 0 Å². The third kappa shape index (κ3) is 4.11. The van der Waals surface area contributed by atoms with E-state index < -0.39 is 11.0 Å². The highest BCUT2D eigenvalue weighted by Gasteiger charge is 2.13. The fourth-order valence-electron chi connectivity index (χ4n) is 2.11. The first kappa shape index (κ1) is 15.2. The Balaban J connectivity index is 1.97. The Morgan fingerprint density at radius 2 is 1.81 bits per heavy atom. The Morgan fingerprint density at radius 1 is 1.14 bits per heavy atom. The second-order valence-electron chi connectivity index (χ2n) is 4.91. The van der Waals surface area contributed by atoms with Crippen molar-refractivity contribution in [3.05, 3.63) is 75.8 Å². The van der Waals surface area contributed by atoms with Crippen molar-refractivity contribution in [3.63, 3.8) is 0 Å². The van der Waals surface area contributed by atoms with Crippen molar-refractivity contribution in [2.24, 2.45) is 0 Å². The molecule has 0 saturated heterocycles. The second-order valence-corrected chi connectivity index (χ2v) is 4.91. The van der Waals surface area contributed by atoms with Crippen molar-refractivity contribution >= 4 is 5.69 Å². The number of rotatable bonds is 6. The van der Waals surface area contributed by atoms with E-state index >= 15 is 0 Å². The van der Waals surface area contributed by atoms with Gasteiger partial charge in [0.15, 0.2) is 0 Å². The number of nitro groups is 1. The van der Waals surface area contributed by atoms with Crippen LogP contribution < -0.4 is 5.32 Å². The van der Waals surface area contributed by atoms with Crippen molar-refractivity contribution in [2.75, 3.05) is 6.54 Å². The highest BCUT2D eigenvalue weighted by molar-refractivity contribution is 5.35. The molecule has 5 nitrogen and oxygen atoms in total. The molecule has 0 saturated carbocycles. The molecule has 2 aromatic carbocycles. The van der Waals surface area contributed by atoms with Gasteiger partial charge in [0.25, 0.3) is 5.69 Å². The van der Waals surface area contributed by atoms with Crippen LogP contribution in [-0.2, 0) is 0 Å². The van der Waals surface area contributed by atoms with Gasteiger partial charge in [-0.25, -0.2) is 0 Å². The fraction of sp³-hybridized carbons (Fsp3) is 0.250. The number of aliphatic hydroxyl groups is 1. The van der Waals surface area contributed by atoms with E-state index in [1.54, 1.807) is 12.1 Å². The quantitative estimate of drug-likeness (QED) is 0.632. The van der Waals surface area contributed by atoms with Gasteiger partial charge in [-0.3, -0.25) is 10.1 Å². The zero-order chi connectivity index (χ0) is 15.2. The van der Waals surface area contributed by atoms with Gasteiger partial charge in [-0.1, -0.05) is 42.5 Å². The molecule has 0 heterocycles. The van der Waals surface area contributed by atoms with E-state index in [-0.39, 0.29) is 11.7 Å². The largest absolute Gasteiger partial charge is 0.387 e. The number of nitrogens with zero attached hydrogens (tertiary/aromatic N) is 1. The summed E-state index contributed by atoms with van der Waals surface area (Å²) in [5.74, 6) is 0. The van der Waals surface area contributed by atoms with E-state index in [4.69, 9.17) is 0 Å². The lowest BCUT2D eigenvalue weighted by Gasteiger charge is -2.17. The van der Waals surface area contributed by atoms with Crippen molar-refractivity contribution < 1.29 is 10.0 Å². The maximum atomic E-state index is 10.7. The molecular weight excluding hydrogens is 268 g/mol. The number of benzene rings is 2. The van der Waals surface area contributed by atoms with Gasteiger partial charge in [0, 0.05) is 24.7 Å². The summed E-state index contributed by atoms with van der Waals surface area (Å²) in [6.07, 6.45) is -0.781. The molecule has 2 rings (SSSR count). The molecule has 0 fully saturated rings. The zero-order valence-corrected chi connectivity index (χ0v) is 11.8. The van der Waals surface area contributed by atoms with E-state index in [0.29, 0.717) is 12.1 Å². The number of nitrogens with one attached hydrogen (secondary N) is 1. The minimum Gasteiger partial charge on any atom is -0.387 e. The summed E-state index contributed by atoms with van der Waals surface area (Å²) in [5.41, 5.74) is 1.66. The first-order chi connectivity index (χ1) is 10.1. The molecule has 1 unspecified atom stereocenters. The Morgan fingerprint density at radius 3 is 2.48 bits per heavy atom. The van der Waals surface area contributed by atoms with Crippen molar-refractivity contribution in [2.45, 2.75) is 19.1 Å². The average Bonchev–Trinajstić information content (AvgIpc) is 2.53. The lowest BCUT2D eigenvalue weighted by molar-refractivity contribution is -0.385. The Hall–Kier alpha value is -2.24. The summed E-state index contributed by atoms with van der Waals surface area (Å²) in [7, 11) is 0. The lowest BCUT2D eigenvalue weighted by atomic mass is 10.1. The monoisotopic (exact) mass is 286 g/mol. The van der Waals surface area contributed by atoms with Gasteiger partial charge >= 0.3 is 0 Å². The predicted molar refractivity (Wildman–Crippen MR) is 80.9 cm³/mol. The molecule has 0 radical (unpaired) electrons. The number of nitro benzene ring substituents is 1. The number of aliphatic hydroxyl groups excluding tert-OH is 1. The maximum absolute atomic E-state index is 10.7. The molecule has 2 N–H and O–H groups in total. The molecule has 0 aliphatic heterocycles. The van der Waals surface area contributed by atoms with Crippen LogP contribution in [0.15, 0.2) is 54.6 Å². The van der Waals surface area contributed by atoms with Gasteiger partial charge in [-0.15, -0.1) is 0 Å². The molecule has 110 valence electrons. The van der Waals surface area contributed by atoms with Crippen LogP contribution in [-0.4, -0.2) is 16.6 Å². The Bertz CT molecular complexity index is 601. The van der Waals surface area contributed by atoms with Crippen molar-refractivity contribution in [3.8, 4) is 0 Å². The molecule has 0 aromatic heterocycles. The molecule has 5 heteroatoms. The highest BCUT2D eigenvalue weighted by Crippen LogP contribution is 2.20. The SMILES string of the molecule is C[C@@H](NCC(O)c1cccc([N+](=O)[O-])c1)c1ccccc1. The highest BCUT2D eigenvalue weighted by atomic mass is 16.6. The van der Waals surface area contributed by atoms with Gasteiger partial charge in [-0.05, 0) is 18.1 Å². The van der Waals surface area contributed by atoms with Gasteiger partial charge in [-0.2, -0.15) is 0 Å². The third-order valence-corrected chi connectivity index (χ3v) is 3.38. The molecule has 0 aliphatic carbocycles. The van der Waals surface area contributed by atoms with Gasteiger partial charge in [0.1, 0.15) is 0 Å². The van der Waals surface area contributed by atoms with E-state index in [2.05, 4.69) is 5.32 Å². The van der Waals surface area contributed by atoms with E-state index in [1.807, 2.05) is 37.3 Å². The summed E-state index contributed by atoms with van der Waals surface area (Å²) < 4.78 is 0. The molecular formula is C16H18N2O3. The lowest BCUT2D eigenvalue weighted by Crippen LogP contribution is -2.24. The topological polar surface area (TPSA) is 75.4 Å². The third-order valence-electron chi connectivity index (χ3n) is 3.38. The van der Waals surface area contributed by atoms with Crippen LogP contribution >= 0.6 is 0 Å². The molecule has 2 atom stereocenters. The summed E-state index contributed by atoms with van der Waals surface area (Å²) in [5, 5.41) is 24.1. The molecule has 21 heavy (non-hydrogen) atoms. The number of hydrogen-bond donors (Lipinski definition) is 2. The Kier molecular flexibility index (Phi) is 5.03. The van der Waals surface area contributed by atoms with E-state index in [0.717, 1.165) is 5.56 Å². The van der Waals surface area contributed by atoms with Crippen LogP contribution in [0.25, 0.3) is 0 Å². The molecule has 0 amide bonds. The first-order valence-corrected chi connectivity index (χ1v) is 6.78. The van der Waals surface area contributed by atoms with Crippen LogP contribution in [0.1, 0.15) is 30.2 Å². The van der Waals surface area contributed by atoms with Crippen molar-refractivity contribution in [1.82, 2.24) is 5.32 Å². The summed E-state index contributed by atoms with van der Waals surface area (Å²) in [4.78, 5) is 10.3. The van der Waals surface area contributed by atoms with Gasteiger partial charge < -0.3 is 10.4 Å². The predicted octanol–water partition coefficient (Wildman–Crippen LogP) is 2.98. The Labute approximate surface area is 123 Å². The summed E-state index contributed by atoms with van der Waals surface area (Å²) in [6, 6.07) is 16.1. The average molecular weight is 286 g/mol. The second kappa shape index (κ2) is 6.97. The normalized spacial score (nSPS) is 13.6. The van der Waals surface area contributed by atoms with E-state index in [9.17, 15) is 15.2 Å². The van der Waals surface area contributed by atoms with E-state index in [1.165, 1.54) is 12.1 Å². The van der Waals surface area contributed by atoms with Crippen LogP contribution in [0.5, 0.6) is 0 Å². The maximum Gasteiger partial charge on any atom is 0.269 e. The fourth-order valence-corrected chi connectivity index (χ4v) is 2.11. The number of hydrogen-bond acceptors (Lipinski definition) is 4. The van der Waals surface area contributed by atoms with Gasteiger partial charge in [0.05, 0.1) is 11.0 Å². The zero-order valence-electron chi connectivity index (χ0n) is 11.8. The minimum atomic E-state index is -0.781.